The Morgan fingerprint density at radius 1 is 1.39 bits per heavy atom. The average Bonchev–Trinajstić information content (AvgIpc) is 2.96. The zero-order valence-electron chi connectivity index (χ0n) is 10.2. The number of ether oxygens (including phenoxy) is 1. The first-order valence-electron chi connectivity index (χ1n) is 6.11. The molecule has 0 saturated carbocycles. The van der Waals surface area contributed by atoms with E-state index in [-0.39, 0.29) is 12.1 Å². The lowest BCUT2D eigenvalue weighted by atomic mass is 10.1. The van der Waals surface area contributed by atoms with Crippen LogP contribution < -0.4 is 0 Å². The van der Waals surface area contributed by atoms with Gasteiger partial charge in [-0.3, -0.25) is 9.67 Å². The average molecular weight is 261 g/mol. The number of hydrogen-bond acceptors (Lipinski definition) is 3. The van der Waals surface area contributed by atoms with Crippen molar-refractivity contribution in [1.29, 1.82) is 0 Å². The van der Waals surface area contributed by atoms with Gasteiger partial charge in [-0.25, -0.2) is 0 Å². The first-order chi connectivity index (χ1) is 8.77. The number of aromatic amines is 1. The Labute approximate surface area is 111 Å². The third-order valence-electron chi connectivity index (χ3n) is 3.40. The van der Waals surface area contributed by atoms with Gasteiger partial charge in [0.2, 0.25) is 0 Å². The first-order valence-corrected chi connectivity index (χ1v) is 6.52. The van der Waals surface area contributed by atoms with Gasteiger partial charge in [-0.1, -0.05) is 30.3 Å². The topological polar surface area (TPSA) is 42.8 Å². The van der Waals surface area contributed by atoms with E-state index in [0.29, 0.717) is 4.77 Å². The highest BCUT2D eigenvalue weighted by Crippen LogP contribution is 2.30. The zero-order chi connectivity index (χ0) is 12.5. The molecule has 1 aliphatic rings. The lowest BCUT2D eigenvalue weighted by molar-refractivity contribution is 0.107. The van der Waals surface area contributed by atoms with Crippen LogP contribution in [0.25, 0.3) is 11.4 Å². The van der Waals surface area contributed by atoms with Crippen molar-refractivity contribution in [2.24, 2.45) is 0 Å². The number of nitrogens with zero attached hydrogens (tertiary/aromatic N) is 2. The number of nitrogens with one attached hydrogen (secondary N) is 1. The summed E-state index contributed by atoms with van der Waals surface area (Å²) in [6.45, 7) is 2.87. The molecule has 1 aliphatic heterocycles. The van der Waals surface area contributed by atoms with Crippen LogP contribution in [0.15, 0.2) is 30.3 Å². The normalized spacial score (nSPS) is 23.4. The number of benzene rings is 1. The van der Waals surface area contributed by atoms with E-state index in [0.717, 1.165) is 24.4 Å². The van der Waals surface area contributed by atoms with E-state index in [1.54, 1.807) is 0 Å². The van der Waals surface area contributed by atoms with Gasteiger partial charge in [0.05, 0.1) is 12.1 Å². The second-order valence-corrected chi connectivity index (χ2v) is 4.91. The highest BCUT2D eigenvalue weighted by molar-refractivity contribution is 7.71. The monoisotopic (exact) mass is 261 g/mol. The Morgan fingerprint density at radius 3 is 2.83 bits per heavy atom. The lowest BCUT2D eigenvalue weighted by Gasteiger charge is -2.17. The summed E-state index contributed by atoms with van der Waals surface area (Å²) in [6, 6.07) is 10.4. The molecule has 2 aromatic rings. The van der Waals surface area contributed by atoms with E-state index >= 15 is 0 Å². The molecule has 0 amide bonds. The van der Waals surface area contributed by atoms with Gasteiger partial charge in [-0.15, -0.1) is 0 Å². The van der Waals surface area contributed by atoms with Crippen LogP contribution in [-0.4, -0.2) is 27.5 Å². The molecule has 0 bridgehead atoms. The molecule has 1 N–H and O–H groups in total. The van der Waals surface area contributed by atoms with E-state index in [1.807, 2.05) is 30.3 Å². The summed E-state index contributed by atoms with van der Waals surface area (Å²) in [4.78, 5) is 0. The van der Waals surface area contributed by atoms with Crippen molar-refractivity contribution in [2.45, 2.75) is 25.5 Å². The Morgan fingerprint density at radius 2 is 2.17 bits per heavy atom. The van der Waals surface area contributed by atoms with Crippen LogP contribution >= 0.6 is 12.2 Å². The molecule has 3 rings (SSSR count). The molecule has 18 heavy (non-hydrogen) atoms. The molecule has 0 spiro atoms. The molecule has 1 aromatic heterocycles. The third-order valence-corrected chi connectivity index (χ3v) is 3.69. The SMILES string of the molecule is CC1OCCC1n1c(-c2ccccc2)n[nH]c1=S. The second-order valence-electron chi connectivity index (χ2n) is 4.52. The summed E-state index contributed by atoms with van der Waals surface area (Å²) >= 11 is 5.35. The Kier molecular flexibility index (Phi) is 3.01. The van der Waals surface area contributed by atoms with Gasteiger partial charge in [0.1, 0.15) is 0 Å². The fourth-order valence-corrected chi connectivity index (χ4v) is 2.73. The molecule has 2 unspecified atom stereocenters. The maximum atomic E-state index is 5.63. The predicted octanol–water partition coefficient (Wildman–Crippen LogP) is 2.96. The standard InChI is InChI=1S/C13H15N3OS/c1-9-11(7-8-17-9)16-12(14-15-13(16)18)10-5-3-2-4-6-10/h2-6,9,11H,7-8H2,1H3,(H,15,18). The van der Waals surface area contributed by atoms with E-state index < -0.39 is 0 Å². The van der Waals surface area contributed by atoms with Crippen LogP contribution in [0, 0.1) is 4.77 Å². The molecular formula is C13H15N3OS. The molecule has 0 aliphatic carbocycles. The number of aromatic nitrogens is 3. The molecule has 94 valence electrons. The number of rotatable bonds is 2. The van der Waals surface area contributed by atoms with Gasteiger partial charge >= 0.3 is 0 Å². The van der Waals surface area contributed by atoms with Crippen molar-refractivity contribution in [3.8, 4) is 11.4 Å². The highest BCUT2D eigenvalue weighted by atomic mass is 32.1. The van der Waals surface area contributed by atoms with Crippen LogP contribution in [0.3, 0.4) is 0 Å². The van der Waals surface area contributed by atoms with Gasteiger partial charge in [0.15, 0.2) is 10.6 Å². The zero-order valence-corrected chi connectivity index (χ0v) is 11.0. The van der Waals surface area contributed by atoms with E-state index in [9.17, 15) is 0 Å². The van der Waals surface area contributed by atoms with Crippen molar-refractivity contribution >= 4 is 12.2 Å². The predicted molar refractivity (Wildman–Crippen MR) is 71.9 cm³/mol. The lowest BCUT2D eigenvalue weighted by Crippen LogP contribution is -2.18. The van der Waals surface area contributed by atoms with Crippen LogP contribution in [0.2, 0.25) is 0 Å². The molecule has 2 atom stereocenters. The van der Waals surface area contributed by atoms with Crippen molar-refractivity contribution < 1.29 is 4.74 Å². The minimum atomic E-state index is 0.178. The summed E-state index contributed by atoms with van der Waals surface area (Å²) in [5, 5.41) is 7.25. The summed E-state index contributed by atoms with van der Waals surface area (Å²) in [7, 11) is 0. The number of hydrogen-bond donors (Lipinski definition) is 1. The van der Waals surface area contributed by atoms with E-state index in [4.69, 9.17) is 17.0 Å². The van der Waals surface area contributed by atoms with Gasteiger partial charge in [0, 0.05) is 12.2 Å². The van der Waals surface area contributed by atoms with E-state index in [2.05, 4.69) is 21.7 Å². The molecule has 2 heterocycles. The smallest absolute Gasteiger partial charge is 0.195 e. The molecule has 1 saturated heterocycles. The van der Waals surface area contributed by atoms with Crippen LogP contribution in [-0.2, 0) is 4.74 Å². The van der Waals surface area contributed by atoms with Crippen LogP contribution in [0.5, 0.6) is 0 Å². The summed E-state index contributed by atoms with van der Waals surface area (Å²) in [6.07, 6.45) is 1.16. The molecule has 1 fully saturated rings. The van der Waals surface area contributed by atoms with Gasteiger partial charge in [-0.05, 0) is 25.6 Å². The first kappa shape index (κ1) is 11.6. The van der Waals surface area contributed by atoms with E-state index in [1.165, 1.54) is 0 Å². The second kappa shape index (κ2) is 4.66. The van der Waals surface area contributed by atoms with Crippen molar-refractivity contribution in [1.82, 2.24) is 14.8 Å². The maximum absolute atomic E-state index is 5.63. The summed E-state index contributed by atoms with van der Waals surface area (Å²) < 4.78 is 8.38. The number of H-pyrrole nitrogens is 1. The maximum Gasteiger partial charge on any atom is 0.195 e. The third kappa shape index (κ3) is 1.89. The Hall–Kier alpha value is -1.46. The molecule has 4 nitrogen and oxygen atoms in total. The fraction of sp³-hybridized carbons (Fsp3) is 0.385. The fourth-order valence-electron chi connectivity index (χ4n) is 2.46. The van der Waals surface area contributed by atoms with Crippen molar-refractivity contribution in [3.63, 3.8) is 0 Å². The molecule has 1 aromatic carbocycles. The van der Waals surface area contributed by atoms with Crippen LogP contribution in [0.1, 0.15) is 19.4 Å². The minimum Gasteiger partial charge on any atom is -0.376 e. The molecule has 0 radical (unpaired) electrons. The quantitative estimate of drug-likeness (QED) is 0.845. The largest absolute Gasteiger partial charge is 0.376 e. The summed E-state index contributed by atoms with van der Waals surface area (Å²) in [5.74, 6) is 0.892. The van der Waals surface area contributed by atoms with Crippen LogP contribution in [0.4, 0.5) is 0 Å². The van der Waals surface area contributed by atoms with Gasteiger partial charge < -0.3 is 4.74 Å². The molecule has 5 heteroatoms. The van der Waals surface area contributed by atoms with Gasteiger partial charge in [0.25, 0.3) is 0 Å². The summed E-state index contributed by atoms with van der Waals surface area (Å²) in [5.41, 5.74) is 1.07. The highest BCUT2D eigenvalue weighted by Gasteiger charge is 2.28. The molecular weight excluding hydrogens is 246 g/mol. The van der Waals surface area contributed by atoms with Crippen molar-refractivity contribution in [2.75, 3.05) is 6.61 Å². The van der Waals surface area contributed by atoms with Gasteiger partial charge in [-0.2, -0.15) is 5.10 Å². The minimum absolute atomic E-state index is 0.178. The Bertz CT molecular complexity index is 590. The van der Waals surface area contributed by atoms with Crippen molar-refractivity contribution in [3.05, 3.63) is 35.1 Å². The Balaban J connectivity index is 2.10.